The molecule has 4 aliphatic rings. The van der Waals surface area contributed by atoms with Gasteiger partial charge in [-0.1, -0.05) is 231 Å². The van der Waals surface area contributed by atoms with E-state index in [4.69, 9.17) is 30.3 Å². The van der Waals surface area contributed by atoms with Crippen LogP contribution in [0, 0.1) is 53.3 Å². The van der Waals surface area contributed by atoms with E-state index in [2.05, 4.69) is 0 Å². The Labute approximate surface area is 721 Å². The number of carbonyl (C=O) groups is 13. The average Bonchev–Trinajstić information content (AvgIpc) is 1.70. The van der Waals surface area contributed by atoms with E-state index >= 15 is 0 Å². The minimum absolute atomic E-state index is 0. The van der Waals surface area contributed by atoms with Gasteiger partial charge in [-0.05, 0) is 151 Å². The van der Waals surface area contributed by atoms with E-state index in [9.17, 15) is 92.7 Å². The highest BCUT2D eigenvalue weighted by atomic mass is 19.3. The predicted octanol–water partition coefficient (Wildman–Crippen LogP) is 26.3. The van der Waals surface area contributed by atoms with Crippen LogP contribution in [0.1, 0.15) is 424 Å². The van der Waals surface area contributed by atoms with Gasteiger partial charge in [-0.3, -0.25) is 62.3 Å². The molecular weight excluding hydrogens is 1580 g/mol. The van der Waals surface area contributed by atoms with Crippen molar-refractivity contribution in [1.29, 1.82) is 0 Å². The van der Waals surface area contributed by atoms with Crippen LogP contribution in [-0.2, 0) is 62.3 Å². The molecule has 4 unspecified atom stereocenters. The third-order valence-electron chi connectivity index (χ3n) is 23.2. The van der Waals surface area contributed by atoms with E-state index in [-0.39, 0.29) is 196 Å². The van der Waals surface area contributed by atoms with Crippen molar-refractivity contribution < 1.29 is 123 Å². The monoisotopic (exact) mass is 1740 g/mol. The molecule has 18 nitrogen and oxygen atoms in total. The fraction of sp³-hybridized carbons (Fsp3) is 0.821. The van der Waals surface area contributed by atoms with Gasteiger partial charge in [0.05, 0.1) is 0 Å². The molecule has 9 atom stereocenters. The van der Waals surface area contributed by atoms with Gasteiger partial charge in [0.25, 0.3) is 5.97 Å². The van der Waals surface area contributed by atoms with Gasteiger partial charge in [0.1, 0.15) is 11.6 Å². The summed E-state index contributed by atoms with van der Waals surface area (Å²) in [6.07, 6.45) is 34.9. The molecule has 0 heterocycles. The summed E-state index contributed by atoms with van der Waals surface area (Å²) >= 11 is 0. The summed E-state index contributed by atoms with van der Waals surface area (Å²) in [6.45, 7) is 11.1. The van der Waals surface area contributed by atoms with Crippen molar-refractivity contribution in [2.45, 2.75) is 448 Å². The van der Waals surface area contributed by atoms with Gasteiger partial charge in [0.15, 0.2) is 11.6 Å². The quantitative estimate of drug-likeness (QED) is 0.0279. The van der Waals surface area contributed by atoms with E-state index in [0.717, 1.165) is 155 Å². The summed E-state index contributed by atoms with van der Waals surface area (Å²) in [5, 5.41) is 41.9. The standard InChI is InChI=1S/C23H38F2O4.C22H36F2O4.2C22H34F2O4.C2H4O2.4CH4/c1-3-4-5-10-15-23(24,25)21(27)14-13-18-17(2)16-20(26)19(18)11-8-6-7-9-12-22(28)29;3*1-2-3-4-9-16-22(23,24)20(26)15-13-17-12-14-19(25)18(17)10-7-5-6-8-11-21(27)28;1-2(3)4;;;;/h17-19H,3-16H2,1-2H3,(H,28,29);17-18H,2-16H2,1H3,(H,27,28);2*12,14,17-18H,2-11,13,15-16H2,1H3,(H,27,28);1H3,(H,3,4);4*1H4/t17-,18+,19?;3*17-,18?;;;;;/m1111...../s1. The van der Waals surface area contributed by atoms with Gasteiger partial charge in [-0.2, -0.15) is 35.1 Å². The first-order valence-electron chi connectivity index (χ1n) is 44.5. The summed E-state index contributed by atoms with van der Waals surface area (Å²) in [5.74, 6) is -21.5. The number of halogens is 8. The molecule has 0 spiro atoms. The second-order valence-corrected chi connectivity index (χ2v) is 33.2. The van der Waals surface area contributed by atoms with Crippen molar-refractivity contribution in [3.05, 3.63) is 24.3 Å². The van der Waals surface area contributed by atoms with Crippen LogP contribution in [-0.4, -0.2) is 125 Å². The number of carbonyl (C=O) groups excluding carboxylic acids is 8. The lowest BCUT2D eigenvalue weighted by Crippen LogP contribution is -2.29. The number of rotatable bonds is 64. The average molecular weight is 1740 g/mol. The lowest BCUT2D eigenvalue weighted by molar-refractivity contribution is -0.145. The summed E-state index contributed by atoms with van der Waals surface area (Å²) in [6, 6.07) is 0. The number of carboxylic acids is 5. The topological polar surface area (TPSA) is 323 Å². The number of hydrogen-bond donors (Lipinski definition) is 5. The molecule has 5 N–H and O–H groups in total. The van der Waals surface area contributed by atoms with Crippen LogP contribution in [0.15, 0.2) is 24.3 Å². The Morgan fingerprint density at radius 2 is 0.587 bits per heavy atom. The summed E-state index contributed by atoms with van der Waals surface area (Å²) < 4.78 is 112. The molecule has 26 heteroatoms. The number of unbranched alkanes of at least 4 members (excludes halogenated alkanes) is 24. The smallest absolute Gasteiger partial charge is 0.305 e. The molecule has 0 radical (unpaired) electrons. The first-order valence-corrected chi connectivity index (χ1v) is 44.5. The van der Waals surface area contributed by atoms with E-state index in [1.165, 1.54) is 12.2 Å². The number of ketones is 8. The van der Waals surface area contributed by atoms with Gasteiger partial charge in [0.2, 0.25) is 23.1 Å². The van der Waals surface area contributed by atoms with Crippen molar-refractivity contribution in [3.8, 4) is 0 Å². The van der Waals surface area contributed by atoms with Crippen LogP contribution >= 0.6 is 0 Å². The summed E-state index contributed by atoms with van der Waals surface area (Å²) in [7, 11) is 0. The van der Waals surface area contributed by atoms with Gasteiger partial charge in [0, 0.05) is 120 Å². The highest BCUT2D eigenvalue weighted by Gasteiger charge is 2.45. The number of Topliss-reactive ketones (excluding diaryl/α,β-unsaturated/α-hetero) is 6. The van der Waals surface area contributed by atoms with E-state index in [1.54, 1.807) is 12.2 Å². The molecule has 4 aliphatic carbocycles. The number of allylic oxidation sites excluding steroid dienone is 4. The van der Waals surface area contributed by atoms with Crippen LogP contribution in [0.3, 0.4) is 0 Å². The minimum atomic E-state index is -3.26. The van der Waals surface area contributed by atoms with Gasteiger partial charge in [-0.15, -0.1) is 0 Å². The van der Waals surface area contributed by atoms with Crippen LogP contribution in [0.4, 0.5) is 35.1 Å². The second kappa shape index (κ2) is 70.9. The van der Waals surface area contributed by atoms with Crippen molar-refractivity contribution in [2.75, 3.05) is 0 Å². The normalized spacial score (nSPS) is 19.1. The summed E-state index contributed by atoms with van der Waals surface area (Å²) in [4.78, 5) is 147. The van der Waals surface area contributed by atoms with E-state index in [0.29, 0.717) is 116 Å². The largest absolute Gasteiger partial charge is 0.481 e. The molecule has 0 aliphatic heterocycles. The van der Waals surface area contributed by atoms with Crippen molar-refractivity contribution >= 4 is 76.1 Å². The Bertz CT molecular complexity index is 2850. The molecule has 0 aromatic heterocycles. The Morgan fingerprint density at radius 1 is 0.331 bits per heavy atom. The zero-order valence-corrected chi connectivity index (χ0v) is 71.5. The van der Waals surface area contributed by atoms with E-state index < -0.39 is 76.7 Å². The molecule has 706 valence electrons. The molecule has 4 rings (SSSR count). The minimum Gasteiger partial charge on any atom is -0.481 e. The van der Waals surface area contributed by atoms with Crippen molar-refractivity contribution in [3.63, 3.8) is 0 Å². The fourth-order valence-corrected chi connectivity index (χ4v) is 16.1. The number of alkyl halides is 8. The first-order chi connectivity index (χ1) is 55.2. The molecule has 2 fully saturated rings. The fourth-order valence-electron chi connectivity index (χ4n) is 16.1. The van der Waals surface area contributed by atoms with Gasteiger partial charge in [-0.25, -0.2) is 0 Å². The second-order valence-electron chi connectivity index (χ2n) is 33.2. The number of hydrogen-bond acceptors (Lipinski definition) is 13. The maximum Gasteiger partial charge on any atom is 0.305 e. The molecule has 0 saturated heterocycles. The molecular formula is C95H162F8O18. The SMILES string of the molecule is C.C.C.C.CC(=O)O.CCCCCCC(F)(F)C(=O)CC[C@@H]1C(CCCCCCC(=O)O)C(=O)C[C@H]1C.CCCCCCC(F)(F)C(=O)CC[C@H]1C=CC(=O)C1CCCCCCC(=O)O.CCCCCCC(F)(F)C(=O)CC[C@H]1C=CC(=O)C1CCCCCCC(=O)O.CCCCCCC(F)(F)C(=O)CC[C@H]1CCC(=O)C1CCCCCCC(=O)O. The lowest BCUT2D eigenvalue weighted by Gasteiger charge is -2.23. The lowest BCUT2D eigenvalue weighted by atomic mass is 9.82. The third kappa shape index (κ3) is 57.7. The maximum atomic E-state index is 14.1. The third-order valence-corrected chi connectivity index (χ3v) is 23.2. The highest BCUT2D eigenvalue weighted by molar-refractivity contribution is 5.95. The van der Waals surface area contributed by atoms with Crippen LogP contribution in [0.25, 0.3) is 0 Å². The molecule has 0 amide bonds. The Balaban J connectivity index is -0.000000481. The van der Waals surface area contributed by atoms with Gasteiger partial charge < -0.3 is 25.5 Å². The van der Waals surface area contributed by atoms with E-state index in [1.807, 2.05) is 34.6 Å². The molecule has 0 aromatic carbocycles. The molecule has 0 aromatic rings. The summed E-state index contributed by atoms with van der Waals surface area (Å²) in [5.41, 5.74) is 0. The number of aliphatic carboxylic acids is 5. The first kappa shape index (κ1) is 123. The zero-order chi connectivity index (χ0) is 88.4. The maximum absolute atomic E-state index is 14.1. The Morgan fingerprint density at radius 3 is 0.876 bits per heavy atom. The zero-order valence-electron chi connectivity index (χ0n) is 71.5. The molecule has 0 bridgehead atoms. The van der Waals surface area contributed by atoms with Crippen LogP contribution < -0.4 is 0 Å². The van der Waals surface area contributed by atoms with Crippen LogP contribution in [0.5, 0.6) is 0 Å². The Hall–Kier alpha value is -6.37. The predicted molar refractivity (Wildman–Crippen MR) is 463 cm³/mol. The van der Waals surface area contributed by atoms with Crippen LogP contribution in [0.2, 0.25) is 0 Å². The van der Waals surface area contributed by atoms with Crippen molar-refractivity contribution in [2.24, 2.45) is 53.3 Å². The number of carboxylic acid groups (broad SMARTS) is 5. The molecule has 2 saturated carbocycles. The Kier molecular flexibility index (Phi) is 72.1. The molecule has 121 heavy (non-hydrogen) atoms. The van der Waals surface area contributed by atoms with Gasteiger partial charge >= 0.3 is 47.6 Å². The highest BCUT2D eigenvalue weighted by Crippen LogP contribution is 2.43. The van der Waals surface area contributed by atoms with Crippen molar-refractivity contribution in [1.82, 2.24) is 0 Å².